The van der Waals surface area contributed by atoms with Crippen LogP contribution in [-0.2, 0) is 34.9 Å². The average molecular weight is 1550 g/mol. The van der Waals surface area contributed by atoms with E-state index in [1.54, 1.807) is 0 Å². The van der Waals surface area contributed by atoms with Crippen molar-refractivity contribution >= 4 is 0 Å². The molecule has 5 aromatic carbocycles. The highest BCUT2D eigenvalue weighted by atomic mass is 16.5. The maximum Gasteiger partial charge on any atom is 0.128 e. The maximum absolute atomic E-state index is 8.27. The zero-order valence-electron chi connectivity index (χ0n) is 69.6. The summed E-state index contributed by atoms with van der Waals surface area (Å²) in [7, 11) is 0. The standard InChI is InChI=1S/C104H102N12O2/c1-101(2,3)71-57-69(58-72(61-71)102(4,5)6)67-117-99-83-75-33-35-77(81-65-115(63-79(75)81)97-93(111-49-25-26-50-111)89(107-41-17-18-42-107)87(105-37-13-14-38-105)90(108-43-19-20-44-108)94(97)112-51-27-28-52-112)85(83)100(118-68-70-59-73(103(7,8)9)62-74(60-70)104(10,11)12)86-78-36-34-76(84(86)99)80-64-116(66-82(78)80)98-95(113-53-29-30-54-113)91(109-45-21-22-46-109)88(106-39-15-16-40-106)92(110-47-23-24-48-110)96(98)114-55-31-32-56-114/h13-32,37-66,75-78H,33-36,67-68H2,1-12H3. The maximum atomic E-state index is 8.27. The molecular formula is C104H102N12O2. The molecule has 0 radical (unpaired) electrons. The largest absolute Gasteiger partial charge is 0.488 e. The third kappa shape index (κ3) is 11.8. The van der Waals surface area contributed by atoms with Gasteiger partial charge in [-0.05, 0) is 224 Å². The summed E-state index contributed by atoms with van der Waals surface area (Å²) in [6, 6.07) is 57.5. The van der Waals surface area contributed by atoms with Crippen molar-refractivity contribution in [2.24, 2.45) is 0 Å². The third-order valence-corrected chi connectivity index (χ3v) is 25.8. The van der Waals surface area contributed by atoms with E-state index in [-0.39, 0.29) is 45.3 Å². The van der Waals surface area contributed by atoms with Gasteiger partial charge in [-0.2, -0.15) is 0 Å². The Kier molecular flexibility index (Phi) is 16.9. The van der Waals surface area contributed by atoms with Gasteiger partial charge in [-0.1, -0.05) is 119 Å². The predicted octanol–water partition coefficient (Wildman–Crippen LogP) is 24.3. The molecule has 23 rings (SSSR count). The number of rotatable bonds is 18. The molecule has 0 aliphatic heterocycles. The Morgan fingerprint density at radius 1 is 0.220 bits per heavy atom. The summed E-state index contributed by atoms with van der Waals surface area (Å²) in [5.41, 5.74) is 30.2. The Labute approximate surface area is 691 Å². The quantitative estimate of drug-likeness (QED) is 0.0858. The predicted molar refractivity (Wildman–Crippen MR) is 473 cm³/mol. The molecule has 12 heterocycles. The second-order valence-electron chi connectivity index (χ2n) is 37.3. The fourth-order valence-electron chi connectivity index (χ4n) is 20.1. The normalized spacial score (nSPS) is 16.2. The SMILES string of the molecule is CC(C)(C)c1cc(COc2c3c(c(OCc4cc(C(C)(C)C)cc(C(C)(C)C)c4)c4c2C2CCC4c4cn(-c5c(-n6cccc6)c(-n6cccc6)c(-n6cccc6)c(-n6cccc6)c5-n5cccc5)cc42)C2CCC3c3cn(-c4c(-n5cccc5)c(-n5cccc5)c(-n5cccc5)c(-n5cccc5)c4-n4cccc4)cc32)cc(C(C)(C)C)c1. The van der Waals surface area contributed by atoms with Crippen LogP contribution >= 0.6 is 0 Å². The van der Waals surface area contributed by atoms with Crippen LogP contribution in [0.3, 0.4) is 0 Å². The van der Waals surface area contributed by atoms with Crippen molar-refractivity contribution in [3.63, 3.8) is 0 Å². The number of nitrogens with zero attached hydrogens (tertiary/aromatic N) is 12. The van der Waals surface area contributed by atoms with Gasteiger partial charge in [-0.3, -0.25) is 0 Å². The fraction of sp³-hybridized carbons (Fsp3) is 0.250. The highest BCUT2D eigenvalue weighted by Gasteiger charge is 2.51. The van der Waals surface area contributed by atoms with Crippen LogP contribution in [0.5, 0.6) is 11.5 Å². The van der Waals surface area contributed by atoms with Gasteiger partial charge in [-0.15, -0.1) is 0 Å². The number of hydrogen-bond donors (Lipinski definition) is 0. The highest BCUT2D eigenvalue weighted by Crippen LogP contribution is 2.67. The minimum atomic E-state index is -0.106. The lowest BCUT2D eigenvalue weighted by atomic mass is 9.58. The lowest BCUT2D eigenvalue weighted by molar-refractivity contribution is 0.270. The molecule has 17 aromatic rings. The van der Waals surface area contributed by atoms with Gasteiger partial charge >= 0.3 is 0 Å². The first-order valence-corrected chi connectivity index (χ1v) is 42.1. The van der Waals surface area contributed by atoms with Crippen molar-refractivity contribution in [2.45, 2.75) is 167 Å². The molecule has 6 aliphatic rings. The van der Waals surface area contributed by atoms with E-state index in [9.17, 15) is 0 Å². The molecule has 4 atom stereocenters. The van der Waals surface area contributed by atoms with Crippen molar-refractivity contribution in [3.05, 3.63) is 384 Å². The molecule has 0 N–H and O–H groups in total. The smallest absolute Gasteiger partial charge is 0.128 e. The zero-order chi connectivity index (χ0) is 80.4. The van der Waals surface area contributed by atoms with E-state index in [1.165, 1.54) is 77.9 Å². The lowest BCUT2D eigenvalue weighted by Crippen LogP contribution is -2.31. The monoisotopic (exact) mass is 1550 g/mol. The Bertz CT molecular complexity index is 5820. The van der Waals surface area contributed by atoms with Crippen molar-refractivity contribution < 1.29 is 9.47 Å². The summed E-state index contributed by atoms with van der Waals surface area (Å²) in [5.74, 6) is 1.82. The van der Waals surface area contributed by atoms with Gasteiger partial charge in [0.1, 0.15) is 24.7 Å². The fourth-order valence-corrected chi connectivity index (χ4v) is 20.1. The molecule has 0 saturated carbocycles. The van der Waals surface area contributed by atoms with E-state index >= 15 is 0 Å². The zero-order valence-corrected chi connectivity index (χ0v) is 69.6. The van der Waals surface area contributed by atoms with Crippen molar-refractivity contribution in [3.8, 4) is 79.7 Å². The van der Waals surface area contributed by atoms with E-state index in [2.05, 4.69) is 444 Å². The number of hydrogen-bond acceptors (Lipinski definition) is 2. The summed E-state index contributed by atoms with van der Waals surface area (Å²) < 4.78 is 44.7. The Morgan fingerprint density at radius 2 is 0.373 bits per heavy atom. The molecule has 0 saturated heterocycles. The van der Waals surface area contributed by atoms with Gasteiger partial charge in [-0.25, -0.2) is 0 Å². The molecule has 12 aromatic heterocycles. The first-order valence-electron chi connectivity index (χ1n) is 42.1. The van der Waals surface area contributed by atoms with Gasteiger partial charge in [0.25, 0.3) is 0 Å². The average Bonchev–Trinajstić information content (AvgIpc) is 1.27. The topological polar surface area (TPSA) is 77.6 Å². The lowest BCUT2D eigenvalue weighted by Gasteiger charge is -2.46. The van der Waals surface area contributed by atoms with Crippen LogP contribution in [0, 0.1) is 0 Å². The molecule has 14 heteroatoms. The van der Waals surface area contributed by atoms with Gasteiger partial charge in [0.05, 0.1) is 68.2 Å². The summed E-state index contributed by atoms with van der Waals surface area (Å²) in [5, 5.41) is 0. The van der Waals surface area contributed by atoms with Crippen LogP contribution in [0.25, 0.3) is 68.2 Å². The van der Waals surface area contributed by atoms with Gasteiger partial charge in [0.2, 0.25) is 0 Å². The summed E-state index contributed by atoms with van der Waals surface area (Å²) >= 11 is 0. The van der Waals surface area contributed by atoms with Crippen LogP contribution in [0.15, 0.2) is 306 Å². The molecule has 6 aliphatic carbocycles. The second kappa shape index (κ2) is 27.3. The van der Waals surface area contributed by atoms with E-state index in [0.717, 1.165) is 105 Å². The van der Waals surface area contributed by atoms with Gasteiger partial charge in [0, 0.05) is 195 Å². The summed E-state index contributed by atoms with van der Waals surface area (Å²) in [6.07, 6.45) is 57.8. The summed E-state index contributed by atoms with van der Waals surface area (Å²) in [4.78, 5) is 0. The molecule has 0 fully saturated rings. The van der Waals surface area contributed by atoms with E-state index in [0.29, 0.717) is 13.2 Å². The Balaban J connectivity index is 0.847. The Hall–Kier alpha value is -12.9. The van der Waals surface area contributed by atoms with Crippen LogP contribution in [0.1, 0.15) is 210 Å². The minimum absolute atomic E-state index is 0.0606. The van der Waals surface area contributed by atoms with Crippen molar-refractivity contribution in [1.29, 1.82) is 0 Å². The molecule has 4 unspecified atom stereocenters. The molecule has 4 bridgehead atoms. The van der Waals surface area contributed by atoms with Gasteiger partial charge < -0.3 is 64.3 Å². The van der Waals surface area contributed by atoms with Crippen molar-refractivity contribution in [2.75, 3.05) is 0 Å². The molecule has 0 spiro atoms. The Morgan fingerprint density at radius 3 is 0.525 bits per heavy atom. The molecular weight excluding hydrogens is 1450 g/mol. The van der Waals surface area contributed by atoms with Crippen LogP contribution in [0.2, 0.25) is 0 Å². The van der Waals surface area contributed by atoms with Gasteiger partial charge in [0.15, 0.2) is 0 Å². The highest BCUT2D eigenvalue weighted by molar-refractivity contribution is 5.91. The van der Waals surface area contributed by atoms with Crippen molar-refractivity contribution in [1.82, 2.24) is 54.8 Å². The number of fused-ring (bicyclic) bond motifs is 2. The third-order valence-electron chi connectivity index (χ3n) is 25.8. The first kappa shape index (κ1) is 72.7. The van der Waals surface area contributed by atoms with Crippen LogP contribution in [0.4, 0.5) is 0 Å². The van der Waals surface area contributed by atoms with Crippen LogP contribution in [-0.4, -0.2) is 54.8 Å². The van der Waals surface area contributed by atoms with E-state index in [4.69, 9.17) is 9.47 Å². The summed E-state index contributed by atoms with van der Waals surface area (Å²) in [6.45, 7) is 29.0. The minimum Gasteiger partial charge on any atom is -0.488 e. The number of benzene rings is 5. The second-order valence-corrected chi connectivity index (χ2v) is 37.3. The number of ether oxygens (including phenoxy) is 2. The van der Waals surface area contributed by atoms with E-state index in [1.807, 2.05) is 0 Å². The first-order chi connectivity index (χ1) is 57.1. The van der Waals surface area contributed by atoms with Crippen LogP contribution < -0.4 is 9.47 Å². The molecule has 0 amide bonds. The van der Waals surface area contributed by atoms with E-state index < -0.39 is 0 Å². The molecule has 590 valence electrons. The molecule has 14 nitrogen and oxygen atoms in total. The number of aromatic nitrogens is 12. The molecule has 118 heavy (non-hydrogen) atoms.